The van der Waals surface area contributed by atoms with Crippen LogP contribution in [-0.2, 0) is 9.53 Å². The van der Waals surface area contributed by atoms with Crippen molar-refractivity contribution in [1.29, 1.82) is 0 Å². The molecule has 3 nitrogen and oxygen atoms in total. The molecule has 0 aromatic heterocycles. The lowest BCUT2D eigenvalue weighted by Gasteiger charge is -2.42. The Morgan fingerprint density at radius 3 is 2.69 bits per heavy atom. The normalized spacial score (nSPS) is 37.2. The standard InChI is InChI=1S/C12H20BrNO2/c1-8-4-10(8)11(15)14-6-9(5-13)16-12(2,3)7-14/h8-10H,4-7H2,1-3H3. The second-order valence-electron chi connectivity index (χ2n) is 5.69. The van der Waals surface area contributed by atoms with Crippen molar-refractivity contribution in [3.63, 3.8) is 0 Å². The molecule has 0 aromatic rings. The van der Waals surface area contributed by atoms with Crippen molar-refractivity contribution < 1.29 is 9.53 Å². The average molecular weight is 290 g/mol. The van der Waals surface area contributed by atoms with Gasteiger partial charge in [0.2, 0.25) is 5.91 Å². The van der Waals surface area contributed by atoms with Gasteiger partial charge < -0.3 is 9.64 Å². The Hall–Kier alpha value is -0.0900. The number of hydrogen-bond donors (Lipinski definition) is 0. The van der Waals surface area contributed by atoms with Crippen LogP contribution in [0.15, 0.2) is 0 Å². The lowest BCUT2D eigenvalue weighted by molar-refractivity contribution is -0.158. The molecule has 4 heteroatoms. The van der Waals surface area contributed by atoms with Gasteiger partial charge in [0, 0.05) is 24.3 Å². The Morgan fingerprint density at radius 1 is 1.56 bits per heavy atom. The Labute approximate surface area is 106 Å². The largest absolute Gasteiger partial charge is 0.368 e. The first-order valence-electron chi connectivity index (χ1n) is 5.95. The van der Waals surface area contributed by atoms with E-state index in [4.69, 9.17) is 4.74 Å². The number of morpholine rings is 1. The summed E-state index contributed by atoms with van der Waals surface area (Å²) in [6, 6.07) is 0. The number of halogens is 1. The molecule has 0 aromatic carbocycles. The molecule has 1 aliphatic heterocycles. The lowest BCUT2D eigenvalue weighted by Crippen LogP contribution is -2.55. The van der Waals surface area contributed by atoms with Gasteiger partial charge in [0.05, 0.1) is 11.7 Å². The fraction of sp³-hybridized carbons (Fsp3) is 0.917. The van der Waals surface area contributed by atoms with Crippen molar-refractivity contribution in [3.05, 3.63) is 0 Å². The van der Waals surface area contributed by atoms with E-state index < -0.39 is 0 Å². The molecular weight excluding hydrogens is 270 g/mol. The van der Waals surface area contributed by atoms with Crippen LogP contribution >= 0.6 is 15.9 Å². The van der Waals surface area contributed by atoms with Crippen LogP contribution in [0, 0.1) is 11.8 Å². The molecule has 3 atom stereocenters. The highest BCUT2D eigenvalue weighted by Crippen LogP contribution is 2.40. The van der Waals surface area contributed by atoms with Crippen LogP contribution in [0.3, 0.4) is 0 Å². The van der Waals surface area contributed by atoms with Crippen LogP contribution in [0.1, 0.15) is 27.2 Å². The van der Waals surface area contributed by atoms with E-state index in [-0.39, 0.29) is 17.6 Å². The number of carbonyl (C=O) groups excluding carboxylic acids is 1. The van der Waals surface area contributed by atoms with Gasteiger partial charge in [0.1, 0.15) is 0 Å². The maximum atomic E-state index is 12.2. The number of amides is 1. The summed E-state index contributed by atoms with van der Waals surface area (Å²) in [7, 11) is 0. The van der Waals surface area contributed by atoms with Crippen molar-refractivity contribution in [3.8, 4) is 0 Å². The van der Waals surface area contributed by atoms with Gasteiger partial charge in [-0.2, -0.15) is 0 Å². The molecule has 2 fully saturated rings. The molecule has 1 heterocycles. The minimum Gasteiger partial charge on any atom is -0.368 e. The summed E-state index contributed by atoms with van der Waals surface area (Å²) in [4.78, 5) is 14.2. The summed E-state index contributed by atoms with van der Waals surface area (Å²) in [6.07, 6.45) is 1.19. The molecule has 2 aliphatic rings. The number of hydrogen-bond acceptors (Lipinski definition) is 2. The molecule has 0 radical (unpaired) electrons. The van der Waals surface area contributed by atoms with E-state index in [2.05, 4.69) is 36.7 Å². The van der Waals surface area contributed by atoms with Crippen molar-refractivity contribution >= 4 is 21.8 Å². The van der Waals surface area contributed by atoms with E-state index >= 15 is 0 Å². The molecule has 92 valence electrons. The second kappa shape index (κ2) is 4.30. The van der Waals surface area contributed by atoms with Gasteiger partial charge in [-0.25, -0.2) is 0 Å². The van der Waals surface area contributed by atoms with E-state index in [1.807, 2.05) is 4.90 Å². The van der Waals surface area contributed by atoms with Crippen LogP contribution in [0.25, 0.3) is 0 Å². The summed E-state index contributed by atoms with van der Waals surface area (Å²) in [5, 5.41) is 0.792. The van der Waals surface area contributed by atoms with Crippen molar-refractivity contribution in [1.82, 2.24) is 4.90 Å². The number of alkyl halides is 1. The minimum absolute atomic E-state index is 0.127. The van der Waals surface area contributed by atoms with Crippen LogP contribution in [0.5, 0.6) is 0 Å². The third-order valence-electron chi connectivity index (χ3n) is 3.39. The van der Waals surface area contributed by atoms with E-state index in [1.165, 1.54) is 0 Å². The number of carbonyl (C=O) groups is 1. The molecule has 0 N–H and O–H groups in total. The summed E-state index contributed by atoms with van der Waals surface area (Å²) in [5.41, 5.74) is -0.218. The Morgan fingerprint density at radius 2 is 2.19 bits per heavy atom. The molecule has 1 aliphatic carbocycles. The first kappa shape index (κ1) is 12.4. The predicted molar refractivity (Wildman–Crippen MR) is 66.6 cm³/mol. The van der Waals surface area contributed by atoms with E-state index in [1.54, 1.807) is 0 Å². The zero-order chi connectivity index (χ0) is 11.9. The predicted octanol–water partition coefficient (Wildman–Crippen LogP) is 2.04. The summed E-state index contributed by atoms with van der Waals surface area (Å²) in [6.45, 7) is 7.71. The zero-order valence-corrected chi connectivity index (χ0v) is 11.8. The van der Waals surface area contributed by atoms with Crippen LogP contribution in [-0.4, -0.2) is 40.9 Å². The highest BCUT2D eigenvalue weighted by Gasteiger charge is 2.44. The molecule has 16 heavy (non-hydrogen) atoms. The van der Waals surface area contributed by atoms with E-state index in [9.17, 15) is 4.79 Å². The first-order valence-corrected chi connectivity index (χ1v) is 7.07. The fourth-order valence-corrected chi connectivity index (χ4v) is 2.78. The van der Waals surface area contributed by atoms with Gasteiger partial charge in [-0.1, -0.05) is 22.9 Å². The number of ether oxygens (including phenoxy) is 1. The summed E-state index contributed by atoms with van der Waals surface area (Å²) < 4.78 is 5.89. The van der Waals surface area contributed by atoms with Crippen LogP contribution in [0.4, 0.5) is 0 Å². The average Bonchev–Trinajstić information content (AvgIpc) is 2.92. The second-order valence-corrected chi connectivity index (χ2v) is 6.34. The SMILES string of the molecule is CC1CC1C(=O)N1CC(CBr)OC(C)(C)C1. The monoisotopic (exact) mass is 289 g/mol. The molecule has 0 bridgehead atoms. The molecule has 3 unspecified atom stereocenters. The topological polar surface area (TPSA) is 29.5 Å². The fourth-order valence-electron chi connectivity index (χ4n) is 2.44. The van der Waals surface area contributed by atoms with Gasteiger partial charge in [0.15, 0.2) is 0 Å². The first-order chi connectivity index (χ1) is 7.43. The number of nitrogens with zero attached hydrogens (tertiary/aromatic N) is 1. The maximum absolute atomic E-state index is 12.2. The summed E-state index contributed by atoms with van der Waals surface area (Å²) in [5.74, 6) is 1.19. The van der Waals surface area contributed by atoms with Gasteiger partial charge in [-0.05, 0) is 26.2 Å². The van der Waals surface area contributed by atoms with Crippen molar-refractivity contribution in [2.75, 3.05) is 18.4 Å². The van der Waals surface area contributed by atoms with Crippen molar-refractivity contribution in [2.45, 2.75) is 38.9 Å². The third kappa shape index (κ3) is 2.59. The smallest absolute Gasteiger partial charge is 0.226 e. The Kier molecular flexibility index (Phi) is 3.32. The quantitative estimate of drug-likeness (QED) is 0.728. The molecule has 1 amide bonds. The van der Waals surface area contributed by atoms with Gasteiger partial charge >= 0.3 is 0 Å². The molecule has 2 rings (SSSR count). The van der Waals surface area contributed by atoms with Gasteiger partial charge in [-0.15, -0.1) is 0 Å². The zero-order valence-electron chi connectivity index (χ0n) is 10.2. The van der Waals surface area contributed by atoms with Crippen molar-refractivity contribution in [2.24, 2.45) is 11.8 Å². The lowest BCUT2D eigenvalue weighted by atomic mass is 10.0. The maximum Gasteiger partial charge on any atom is 0.226 e. The highest BCUT2D eigenvalue weighted by molar-refractivity contribution is 9.09. The van der Waals surface area contributed by atoms with Crippen LogP contribution < -0.4 is 0 Å². The molecular formula is C12H20BrNO2. The summed E-state index contributed by atoms with van der Waals surface area (Å²) >= 11 is 3.44. The highest BCUT2D eigenvalue weighted by atomic mass is 79.9. The van der Waals surface area contributed by atoms with Gasteiger partial charge in [0.25, 0.3) is 0 Å². The molecule has 1 saturated carbocycles. The minimum atomic E-state index is -0.218. The number of rotatable bonds is 2. The van der Waals surface area contributed by atoms with Crippen LogP contribution in [0.2, 0.25) is 0 Å². The van der Waals surface area contributed by atoms with Gasteiger partial charge in [-0.3, -0.25) is 4.79 Å². The third-order valence-corrected chi connectivity index (χ3v) is 4.11. The van der Waals surface area contributed by atoms with E-state index in [0.29, 0.717) is 11.8 Å². The molecule has 0 spiro atoms. The Bertz CT molecular complexity index is 293. The molecule has 1 saturated heterocycles. The van der Waals surface area contributed by atoms with E-state index in [0.717, 1.165) is 24.8 Å². The Balaban J connectivity index is 2.01.